The second-order valence-corrected chi connectivity index (χ2v) is 7.13. The Hall–Kier alpha value is -1.32. The molecular weight excluding hydrogens is 276 g/mol. The predicted octanol–water partition coefficient (Wildman–Crippen LogP) is 2.64. The van der Waals surface area contributed by atoms with Crippen LogP contribution in [0.3, 0.4) is 0 Å². The van der Waals surface area contributed by atoms with Gasteiger partial charge in [0.2, 0.25) is 11.8 Å². The van der Waals surface area contributed by atoms with E-state index >= 15 is 0 Å². The summed E-state index contributed by atoms with van der Waals surface area (Å²) in [5.74, 6) is 0.871. The van der Waals surface area contributed by atoms with Gasteiger partial charge in [0.25, 0.3) is 0 Å². The smallest absolute Gasteiger partial charge is 0.225 e. The van der Waals surface area contributed by atoms with Gasteiger partial charge in [-0.3, -0.25) is 9.59 Å². The summed E-state index contributed by atoms with van der Waals surface area (Å²) in [6.07, 6.45) is 10.8. The van der Waals surface area contributed by atoms with Crippen molar-refractivity contribution in [1.29, 1.82) is 0 Å². The minimum Gasteiger partial charge on any atom is -0.350 e. The van der Waals surface area contributed by atoms with Gasteiger partial charge >= 0.3 is 0 Å². The van der Waals surface area contributed by atoms with Gasteiger partial charge in [-0.1, -0.05) is 11.6 Å². The Kier molecular flexibility index (Phi) is 4.84. The molecule has 22 heavy (non-hydrogen) atoms. The highest BCUT2D eigenvalue weighted by Gasteiger charge is 2.36. The average molecular weight is 304 g/mol. The summed E-state index contributed by atoms with van der Waals surface area (Å²) in [6, 6.07) is 0.166. The molecule has 1 N–H and O–H groups in total. The molecule has 2 aliphatic carbocycles. The maximum Gasteiger partial charge on any atom is 0.225 e. The van der Waals surface area contributed by atoms with Crippen molar-refractivity contribution in [2.24, 2.45) is 11.8 Å². The minimum absolute atomic E-state index is 0.0786. The highest BCUT2D eigenvalue weighted by atomic mass is 16.2. The monoisotopic (exact) mass is 304 g/mol. The number of nitrogens with one attached hydrogen (secondary N) is 1. The Balaban J connectivity index is 1.45. The van der Waals surface area contributed by atoms with Crippen LogP contribution < -0.4 is 5.32 Å². The average Bonchev–Trinajstić information content (AvgIpc) is 3.40. The predicted molar refractivity (Wildman–Crippen MR) is 86.2 cm³/mol. The standard InChI is InChI=1S/C18H28N2O2/c1-13(14-5-3-2-4-6-14)19-17(21)15-9-11-20(12-10-15)18(22)16-7-8-16/h5,13,15-16H,2-4,6-12H2,1H3,(H,19,21)/t13-/m0/s1. The van der Waals surface area contributed by atoms with Gasteiger partial charge in [0, 0.05) is 31.0 Å². The van der Waals surface area contributed by atoms with Crippen LogP contribution in [0.5, 0.6) is 0 Å². The van der Waals surface area contributed by atoms with E-state index in [9.17, 15) is 9.59 Å². The van der Waals surface area contributed by atoms with Crippen molar-refractivity contribution in [3.63, 3.8) is 0 Å². The highest BCUT2D eigenvalue weighted by molar-refractivity contribution is 5.82. The summed E-state index contributed by atoms with van der Waals surface area (Å²) in [7, 11) is 0. The Morgan fingerprint density at radius 1 is 1.14 bits per heavy atom. The number of likely N-dealkylation sites (tertiary alicyclic amines) is 1. The molecule has 0 unspecified atom stereocenters. The largest absolute Gasteiger partial charge is 0.350 e. The van der Waals surface area contributed by atoms with Gasteiger partial charge < -0.3 is 10.2 Å². The zero-order valence-corrected chi connectivity index (χ0v) is 13.6. The molecule has 2 fully saturated rings. The van der Waals surface area contributed by atoms with Crippen molar-refractivity contribution < 1.29 is 9.59 Å². The van der Waals surface area contributed by atoms with E-state index in [1.807, 2.05) is 4.90 Å². The molecule has 1 saturated heterocycles. The van der Waals surface area contributed by atoms with Crippen molar-refractivity contribution in [2.45, 2.75) is 64.3 Å². The Labute approximate surface area is 133 Å². The lowest BCUT2D eigenvalue weighted by Crippen LogP contribution is -2.45. The number of carbonyl (C=O) groups excluding carboxylic acids is 2. The van der Waals surface area contributed by atoms with Gasteiger partial charge in [-0.05, 0) is 58.3 Å². The molecule has 0 aromatic heterocycles. The first-order chi connectivity index (χ1) is 10.6. The zero-order chi connectivity index (χ0) is 15.5. The van der Waals surface area contributed by atoms with Crippen molar-refractivity contribution in [2.75, 3.05) is 13.1 Å². The van der Waals surface area contributed by atoms with E-state index in [1.54, 1.807) is 0 Å². The van der Waals surface area contributed by atoms with Crippen LogP contribution >= 0.6 is 0 Å². The molecule has 3 rings (SSSR count). The molecule has 0 spiro atoms. The van der Waals surface area contributed by atoms with Crippen molar-refractivity contribution in [3.05, 3.63) is 11.6 Å². The van der Waals surface area contributed by atoms with Crippen LogP contribution in [0.1, 0.15) is 58.3 Å². The summed E-state index contributed by atoms with van der Waals surface area (Å²) in [5, 5.41) is 3.19. The third kappa shape index (κ3) is 3.71. The molecule has 0 bridgehead atoms. The lowest BCUT2D eigenvalue weighted by Gasteiger charge is -2.32. The third-order valence-corrected chi connectivity index (χ3v) is 5.35. The number of nitrogens with zero attached hydrogens (tertiary/aromatic N) is 1. The summed E-state index contributed by atoms with van der Waals surface area (Å²) in [6.45, 7) is 3.61. The molecule has 4 nitrogen and oxygen atoms in total. The maximum absolute atomic E-state index is 12.4. The molecule has 4 heteroatoms. The normalized spacial score (nSPS) is 24.6. The molecule has 2 amide bonds. The van der Waals surface area contributed by atoms with Gasteiger partial charge in [0.05, 0.1) is 0 Å². The maximum atomic E-state index is 12.4. The van der Waals surface area contributed by atoms with E-state index in [0.29, 0.717) is 11.8 Å². The molecule has 1 saturated carbocycles. The van der Waals surface area contributed by atoms with Crippen molar-refractivity contribution >= 4 is 11.8 Å². The van der Waals surface area contributed by atoms with Crippen LogP contribution in [0.25, 0.3) is 0 Å². The van der Waals surface area contributed by atoms with Gasteiger partial charge in [-0.2, -0.15) is 0 Å². The lowest BCUT2D eigenvalue weighted by molar-refractivity contribution is -0.136. The number of carbonyl (C=O) groups is 2. The molecule has 1 atom stereocenters. The van der Waals surface area contributed by atoms with E-state index in [4.69, 9.17) is 0 Å². The summed E-state index contributed by atoms with van der Waals surface area (Å²) < 4.78 is 0. The Morgan fingerprint density at radius 3 is 2.45 bits per heavy atom. The van der Waals surface area contributed by atoms with Gasteiger partial charge in [-0.25, -0.2) is 0 Å². The van der Waals surface area contributed by atoms with E-state index < -0.39 is 0 Å². The molecule has 1 heterocycles. The Morgan fingerprint density at radius 2 is 1.86 bits per heavy atom. The van der Waals surface area contributed by atoms with Gasteiger partial charge in [0.15, 0.2) is 0 Å². The number of rotatable bonds is 4. The summed E-state index contributed by atoms with van der Waals surface area (Å²) in [4.78, 5) is 26.4. The molecule has 122 valence electrons. The fourth-order valence-corrected chi connectivity index (χ4v) is 3.63. The molecule has 3 aliphatic rings. The number of piperidine rings is 1. The second kappa shape index (κ2) is 6.84. The first-order valence-corrected chi connectivity index (χ1v) is 8.93. The van der Waals surface area contributed by atoms with Crippen LogP contribution in [0.2, 0.25) is 0 Å². The first kappa shape index (κ1) is 15.6. The number of hydrogen-bond donors (Lipinski definition) is 1. The lowest BCUT2D eigenvalue weighted by atomic mass is 9.92. The quantitative estimate of drug-likeness (QED) is 0.812. The zero-order valence-electron chi connectivity index (χ0n) is 13.6. The van der Waals surface area contributed by atoms with Crippen LogP contribution in [0.15, 0.2) is 11.6 Å². The first-order valence-electron chi connectivity index (χ1n) is 8.93. The molecule has 1 aliphatic heterocycles. The molecule has 0 aromatic rings. The van der Waals surface area contributed by atoms with Crippen LogP contribution in [-0.4, -0.2) is 35.8 Å². The fraction of sp³-hybridized carbons (Fsp3) is 0.778. The number of allylic oxidation sites excluding steroid dienone is 1. The Bertz CT molecular complexity index is 460. The summed E-state index contributed by atoms with van der Waals surface area (Å²) >= 11 is 0. The number of amides is 2. The van der Waals surface area contributed by atoms with E-state index in [2.05, 4.69) is 18.3 Å². The minimum atomic E-state index is 0.0786. The van der Waals surface area contributed by atoms with E-state index in [-0.39, 0.29) is 17.9 Å². The number of hydrogen-bond acceptors (Lipinski definition) is 2. The molecule has 0 aromatic carbocycles. The molecule has 0 radical (unpaired) electrons. The summed E-state index contributed by atoms with van der Waals surface area (Å²) in [5.41, 5.74) is 1.39. The highest BCUT2D eigenvalue weighted by Crippen LogP contribution is 2.32. The van der Waals surface area contributed by atoms with Crippen LogP contribution in [-0.2, 0) is 9.59 Å². The topological polar surface area (TPSA) is 49.4 Å². The van der Waals surface area contributed by atoms with E-state index in [1.165, 1.54) is 18.4 Å². The fourth-order valence-electron chi connectivity index (χ4n) is 3.63. The molecular formula is C18H28N2O2. The van der Waals surface area contributed by atoms with Crippen molar-refractivity contribution in [1.82, 2.24) is 10.2 Å². The second-order valence-electron chi connectivity index (χ2n) is 7.13. The van der Waals surface area contributed by atoms with Crippen molar-refractivity contribution in [3.8, 4) is 0 Å². The van der Waals surface area contributed by atoms with Gasteiger partial charge in [0.1, 0.15) is 0 Å². The van der Waals surface area contributed by atoms with E-state index in [0.717, 1.165) is 51.6 Å². The SMILES string of the molecule is C[C@H](NC(=O)C1CCN(C(=O)C2CC2)CC1)C1=CCCCC1. The third-order valence-electron chi connectivity index (χ3n) is 5.35. The van der Waals surface area contributed by atoms with Gasteiger partial charge in [-0.15, -0.1) is 0 Å². The van der Waals surface area contributed by atoms with Crippen LogP contribution in [0, 0.1) is 11.8 Å². The van der Waals surface area contributed by atoms with Crippen LogP contribution in [0.4, 0.5) is 0 Å².